The van der Waals surface area contributed by atoms with Crippen LogP contribution in [0.4, 0.5) is 0 Å². The summed E-state index contributed by atoms with van der Waals surface area (Å²) in [6, 6.07) is 9.54. The van der Waals surface area contributed by atoms with E-state index in [-0.39, 0.29) is 24.4 Å². The Kier molecular flexibility index (Phi) is 6.28. The molecule has 1 aliphatic rings. The van der Waals surface area contributed by atoms with E-state index < -0.39 is 5.54 Å². The molecule has 1 fully saturated rings. The average Bonchev–Trinajstić information content (AvgIpc) is 3.16. The first-order valence-electron chi connectivity index (χ1n) is 8.05. The minimum absolute atomic E-state index is 0. The van der Waals surface area contributed by atoms with Gasteiger partial charge in [0.15, 0.2) is 0 Å². The standard InChI is InChI=1S/C16H22N6O.ClH/c17-14(13-7-3-1-4-8-13)11-18-15(23)16(9-5-2-6-10-16)22-12-19-20-21-22;/h1,3-4,7-8,12,14H,2,5-6,9-11,17H2,(H,18,23);1H. The van der Waals surface area contributed by atoms with Gasteiger partial charge in [0, 0.05) is 12.6 Å². The van der Waals surface area contributed by atoms with Gasteiger partial charge in [-0.2, -0.15) is 0 Å². The van der Waals surface area contributed by atoms with Gasteiger partial charge < -0.3 is 11.1 Å². The maximum Gasteiger partial charge on any atom is 0.248 e. The van der Waals surface area contributed by atoms with Gasteiger partial charge >= 0.3 is 0 Å². The zero-order valence-electron chi connectivity index (χ0n) is 13.5. The molecular formula is C16H23ClN6O. The molecule has 0 radical (unpaired) electrons. The average molecular weight is 351 g/mol. The van der Waals surface area contributed by atoms with E-state index in [1.165, 1.54) is 6.33 Å². The predicted octanol–water partition coefficient (Wildman–Crippen LogP) is 1.57. The number of nitrogens with one attached hydrogen (secondary N) is 1. The molecular weight excluding hydrogens is 328 g/mol. The predicted molar refractivity (Wildman–Crippen MR) is 92.5 cm³/mol. The minimum Gasteiger partial charge on any atom is -0.352 e. The van der Waals surface area contributed by atoms with Crippen molar-refractivity contribution in [3.8, 4) is 0 Å². The van der Waals surface area contributed by atoms with Crippen molar-refractivity contribution in [1.82, 2.24) is 25.5 Å². The summed E-state index contributed by atoms with van der Waals surface area (Å²) in [7, 11) is 0. The van der Waals surface area contributed by atoms with Crippen molar-refractivity contribution in [2.45, 2.75) is 43.7 Å². The number of amides is 1. The monoisotopic (exact) mass is 350 g/mol. The van der Waals surface area contributed by atoms with Crippen molar-refractivity contribution in [2.24, 2.45) is 5.73 Å². The highest BCUT2D eigenvalue weighted by molar-refractivity contribution is 5.85. The molecule has 2 aromatic rings. The summed E-state index contributed by atoms with van der Waals surface area (Å²) in [4.78, 5) is 12.9. The third-order valence-corrected chi connectivity index (χ3v) is 4.60. The van der Waals surface area contributed by atoms with Crippen molar-refractivity contribution in [1.29, 1.82) is 0 Å². The second-order valence-corrected chi connectivity index (χ2v) is 6.07. The molecule has 1 aliphatic carbocycles. The molecule has 1 saturated carbocycles. The molecule has 0 aliphatic heterocycles. The number of hydrogen-bond acceptors (Lipinski definition) is 5. The fraction of sp³-hybridized carbons (Fsp3) is 0.500. The summed E-state index contributed by atoms with van der Waals surface area (Å²) in [6.45, 7) is 0.396. The molecule has 0 bridgehead atoms. The Morgan fingerprint density at radius 2 is 1.96 bits per heavy atom. The number of hydrogen-bond donors (Lipinski definition) is 2. The van der Waals surface area contributed by atoms with E-state index in [9.17, 15) is 4.79 Å². The zero-order valence-corrected chi connectivity index (χ0v) is 14.3. The van der Waals surface area contributed by atoms with Crippen LogP contribution in [0.1, 0.15) is 43.7 Å². The second kappa shape index (κ2) is 8.21. The van der Waals surface area contributed by atoms with Gasteiger partial charge in [-0.15, -0.1) is 17.5 Å². The van der Waals surface area contributed by atoms with Crippen LogP contribution in [-0.4, -0.2) is 32.7 Å². The van der Waals surface area contributed by atoms with Crippen molar-refractivity contribution < 1.29 is 4.79 Å². The van der Waals surface area contributed by atoms with Crippen molar-refractivity contribution >= 4 is 18.3 Å². The smallest absolute Gasteiger partial charge is 0.248 e. The van der Waals surface area contributed by atoms with Crippen LogP contribution in [0, 0.1) is 0 Å². The van der Waals surface area contributed by atoms with Gasteiger partial charge in [0.2, 0.25) is 5.91 Å². The van der Waals surface area contributed by atoms with Gasteiger partial charge in [-0.05, 0) is 28.8 Å². The molecule has 3 rings (SSSR count). The van der Waals surface area contributed by atoms with E-state index in [4.69, 9.17) is 5.73 Å². The molecule has 8 heteroatoms. The summed E-state index contributed by atoms with van der Waals surface area (Å²) in [6.07, 6.45) is 6.17. The van der Waals surface area contributed by atoms with Crippen molar-refractivity contribution in [3.05, 3.63) is 42.2 Å². The number of rotatable bonds is 5. The molecule has 1 aromatic carbocycles. The number of nitrogens with zero attached hydrogens (tertiary/aromatic N) is 4. The molecule has 0 saturated heterocycles. The van der Waals surface area contributed by atoms with Crippen LogP contribution in [0.25, 0.3) is 0 Å². The molecule has 1 unspecified atom stereocenters. The van der Waals surface area contributed by atoms with Crippen LogP contribution < -0.4 is 11.1 Å². The summed E-state index contributed by atoms with van der Waals surface area (Å²) < 4.78 is 1.61. The molecule has 1 amide bonds. The number of halogens is 1. The SMILES string of the molecule is Cl.NC(CNC(=O)C1(n2cnnn2)CCCCC1)c1ccccc1. The van der Waals surface area contributed by atoms with Crippen LogP contribution in [0.15, 0.2) is 36.7 Å². The van der Waals surface area contributed by atoms with E-state index in [1.54, 1.807) is 4.68 Å². The summed E-state index contributed by atoms with van der Waals surface area (Å²) in [5.74, 6) is -0.0455. The van der Waals surface area contributed by atoms with Crippen LogP contribution >= 0.6 is 12.4 Å². The minimum atomic E-state index is -0.682. The molecule has 1 atom stereocenters. The summed E-state index contributed by atoms with van der Waals surface area (Å²) >= 11 is 0. The maximum atomic E-state index is 12.9. The molecule has 1 heterocycles. The third-order valence-electron chi connectivity index (χ3n) is 4.60. The number of nitrogens with two attached hydrogens (primary N) is 1. The van der Waals surface area contributed by atoms with Gasteiger partial charge in [-0.1, -0.05) is 49.6 Å². The van der Waals surface area contributed by atoms with Crippen LogP contribution in [0.3, 0.4) is 0 Å². The first-order chi connectivity index (χ1) is 11.2. The van der Waals surface area contributed by atoms with Gasteiger partial charge in [0.25, 0.3) is 0 Å². The van der Waals surface area contributed by atoms with E-state index >= 15 is 0 Å². The Balaban J connectivity index is 0.00000208. The highest BCUT2D eigenvalue weighted by atomic mass is 35.5. The van der Waals surface area contributed by atoms with E-state index in [0.717, 1.165) is 37.7 Å². The lowest BCUT2D eigenvalue weighted by Gasteiger charge is -2.35. The Morgan fingerprint density at radius 3 is 2.58 bits per heavy atom. The Hall–Kier alpha value is -1.99. The molecule has 1 aromatic heterocycles. The number of aromatic nitrogens is 4. The van der Waals surface area contributed by atoms with E-state index in [1.807, 2.05) is 30.3 Å². The largest absolute Gasteiger partial charge is 0.352 e. The Labute approximate surface area is 147 Å². The summed E-state index contributed by atoms with van der Waals surface area (Å²) in [5, 5.41) is 14.4. The van der Waals surface area contributed by atoms with Crippen molar-refractivity contribution in [3.63, 3.8) is 0 Å². The van der Waals surface area contributed by atoms with Gasteiger partial charge in [0.05, 0.1) is 0 Å². The lowest BCUT2D eigenvalue weighted by atomic mass is 9.81. The topological polar surface area (TPSA) is 98.7 Å². The summed E-state index contributed by atoms with van der Waals surface area (Å²) in [5.41, 5.74) is 6.50. The van der Waals surface area contributed by atoms with Crippen LogP contribution in [-0.2, 0) is 10.3 Å². The zero-order chi connectivity index (χ0) is 16.1. The maximum absolute atomic E-state index is 12.9. The van der Waals surface area contributed by atoms with Gasteiger partial charge in [-0.3, -0.25) is 4.79 Å². The normalized spacial score (nSPS) is 17.5. The lowest BCUT2D eigenvalue weighted by molar-refractivity contribution is -0.132. The lowest BCUT2D eigenvalue weighted by Crippen LogP contribution is -2.51. The third kappa shape index (κ3) is 3.73. The molecule has 130 valence electrons. The van der Waals surface area contributed by atoms with Crippen LogP contribution in [0.2, 0.25) is 0 Å². The van der Waals surface area contributed by atoms with Gasteiger partial charge in [-0.25, -0.2) is 4.68 Å². The second-order valence-electron chi connectivity index (χ2n) is 6.07. The van der Waals surface area contributed by atoms with E-state index in [0.29, 0.717) is 6.54 Å². The first-order valence-corrected chi connectivity index (χ1v) is 8.05. The highest BCUT2D eigenvalue weighted by Crippen LogP contribution is 2.34. The number of carbonyl (C=O) groups is 1. The van der Waals surface area contributed by atoms with Gasteiger partial charge in [0.1, 0.15) is 11.9 Å². The Bertz CT molecular complexity index is 627. The van der Waals surface area contributed by atoms with Crippen LogP contribution in [0.5, 0.6) is 0 Å². The van der Waals surface area contributed by atoms with Crippen molar-refractivity contribution in [2.75, 3.05) is 6.54 Å². The fourth-order valence-corrected chi connectivity index (χ4v) is 3.24. The molecule has 24 heavy (non-hydrogen) atoms. The number of tetrazole rings is 1. The van der Waals surface area contributed by atoms with E-state index in [2.05, 4.69) is 20.8 Å². The number of benzene rings is 1. The Morgan fingerprint density at radius 1 is 1.25 bits per heavy atom. The molecule has 7 nitrogen and oxygen atoms in total. The fourth-order valence-electron chi connectivity index (χ4n) is 3.24. The first kappa shape index (κ1) is 18.4. The number of carbonyl (C=O) groups excluding carboxylic acids is 1. The quantitative estimate of drug-likeness (QED) is 0.852. The highest BCUT2D eigenvalue weighted by Gasteiger charge is 2.42. The molecule has 0 spiro atoms. The molecule has 3 N–H and O–H groups in total.